The minimum Gasteiger partial charge on any atom is -0.472 e. The molecule has 1 atom stereocenters. The van der Waals surface area contributed by atoms with Crippen molar-refractivity contribution < 1.29 is 9.47 Å². The predicted molar refractivity (Wildman–Crippen MR) is 98.6 cm³/mol. The molecule has 132 valence electrons. The van der Waals surface area contributed by atoms with Crippen molar-refractivity contribution >= 4 is 0 Å². The molecule has 0 spiro atoms. The first-order chi connectivity index (χ1) is 12.3. The van der Waals surface area contributed by atoms with E-state index in [1.165, 1.54) is 0 Å². The van der Waals surface area contributed by atoms with E-state index in [2.05, 4.69) is 21.7 Å². The van der Waals surface area contributed by atoms with Gasteiger partial charge >= 0.3 is 0 Å². The SMILES string of the molecule is C=CCC[C@H](CN1CCOCC1)Oc1ccc(-c2ccccc2)nn1. The first kappa shape index (κ1) is 17.6. The average Bonchev–Trinajstić information content (AvgIpc) is 2.68. The van der Waals surface area contributed by atoms with Crippen LogP contribution in [0.1, 0.15) is 12.8 Å². The molecule has 0 unspecified atom stereocenters. The monoisotopic (exact) mass is 339 g/mol. The Balaban J connectivity index is 1.62. The summed E-state index contributed by atoms with van der Waals surface area (Å²) in [6.45, 7) is 8.17. The fraction of sp³-hybridized carbons (Fsp3) is 0.400. The summed E-state index contributed by atoms with van der Waals surface area (Å²) in [7, 11) is 0. The fourth-order valence-electron chi connectivity index (χ4n) is 2.88. The third kappa shape index (κ3) is 5.37. The van der Waals surface area contributed by atoms with Crippen LogP contribution < -0.4 is 4.74 Å². The highest BCUT2D eigenvalue weighted by Gasteiger charge is 2.18. The number of allylic oxidation sites excluding steroid dienone is 1. The van der Waals surface area contributed by atoms with Crippen LogP contribution in [0, 0.1) is 0 Å². The van der Waals surface area contributed by atoms with Crippen molar-refractivity contribution in [2.45, 2.75) is 18.9 Å². The van der Waals surface area contributed by atoms with Crippen LogP contribution in [0.15, 0.2) is 55.1 Å². The molecule has 0 amide bonds. The lowest BCUT2D eigenvalue weighted by molar-refractivity contribution is 0.0173. The molecule has 1 aliphatic heterocycles. The van der Waals surface area contributed by atoms with Crippen molar-refractivity contribution in [3.63, 3.8) is 0 Å². The second-order valence-corrected chi connectivity index (χ2v) is 6.14. The van der Waals surface area contributed by atoms with Crippen molar-refractivity contribution in [3.8, 4) is 17.1 Å². The van der Waals surface area contributed by atoms with Crippen molar-refractivity contribution in [2.75, 3.05) is 32.8 Å². The molecule has 1 saturated heterocycles. The number of aromatic nitrogens is 2. The van der Waals surface area contributed by atoms with Crippen LogP contribution in [-0.4, -0.2) is 54.0 Å². The van der Waals surface area contributed by atoms with Gasteiger partial charge in [-0.1, -0.05) is 36.4 Å². The summed E-state index contributed by atoms with van der Waals surface area (Å²) in [5.74, 6) is 0.571. The van der Waals surface area contributed by atoms with Crippen LogP contribution in [0.25, 0.3) is 11.3 Å². The Labute approximate surface area is 149 Å². The molecule has 0 bridgehead atoms. The van der Waals surface area contributed by atoms with Gasteiger partial charge in [-0.05, 0) is 18.9 Å². The molecule has 1 aromatic carbocycles. The van der Waals surface area contributed by atoms with Crippen molar-refractivity contribution in [3.05, 3.63) is 55.1 Å². The molecule has 0 N–H and O–H groups in total. The predicted octanol–water partition coefficient (Wildman–Crippen LogP) is 3.19. The van der Waals surface area contributed by atoms with E-state index in [1.807, 2.05) is 48.5 Å². The molecule has 25 heavy (non-hydrogen) atoms. The molecule has 5 nitrogen and oxygen atoms in total. The zero-order valence-corrected chi connectivity index (χ0v) is 14.5. The highest BCUT2D eigenvalue weighted by atomic mass is 16.5. The molecule has 2 aromatic rings. The van der Waals surface area contributed by atoms with Gasteiger partial charge in [0.2, 0.25) is 5.88 Å². The third-order valence-corrected chi connectivity index (χ3v) is 4.26. The van der Waals surface area contributed by atoms with Crippen LogP contribution in [0.2, 0.25) is 0 Å². The summed E-state index contributed by atoms with van der Waals surface area (Å²) in [5.41, 5.74) is 1.90. The van der Waals surface area contributed by atoms with E-state index in [1.54, 1.807) is 0 Å². The maximum absolute atomic E-state index is 6.11. The van der Waals surface area contributed by atoms with Crippen LogP contribution in [0.4, 0.5) is 0 Å². The van der Waals surface area contributed by atoms with Gasteiger partial charge in [-0.2, -0.15) is 0 Å². The van der Waals surface area contributed by atoms with Gasteiger partial charge in [-0.3, -0.25) is 4.90 Å². The highest BCUT2D eigenvalue weighted by molar-refractivity contribution is 5.58. The minimum absolute atomic E-state index is 0.0768. The van der Waals surface area contributed by atoms with E-state index in [-0.39, 0.29) is 6.10 Å². The lowest BCUT2D eigenvalue weighted by Gasteiger charge is -2.30. The standard InChI is InChI=1S/C20H25N3O2/c1-2-3-9-18(16-23-12-14-24-15-13-23)25-20-11-10-19(21-22-20)17-7-5-4-6-8-17/h2,4-8,10-11,18H,1,3,9,12-16H2/t18-/m1/s1. The first-order valence-corrected chi connectivity index (χ1v) is 8.82. The first-order valence-electron chi connectivity index (χ1n) is 8.82. The second-order valence-electron chi connectivity index (χ2n) is 6.14. The molecule has 0 aliphatic carbocycles. The molecular formula is C20H25N3O2. The Morgan fingerprint density at radius 2 is 1.92 bits per heavy atom. The van der Waals surface area contributed by atoms with Gasteiger partial charge in [0.25, 0.3) is 0 Å². The lowest BCUT2D eigenvalue weighted by atomic mass is 10.1. The number of benzene rings is 1. The van der Waals surface area contributed by atoms with Gasteiger partial charge in [-0.15, -0.1) is 16.8 Å². The smallest absolute Gasteiger partial charge is 0.233 e. The lowest BCUT2D eigenvalue weighted by Crippen LogP contribution is -2.42. The molecule has 2 heterocycles. The van der Waals surface area contributed by atoms with Crippen molar-refractivity contribution in [1.82, 2.24) is 15.1 Å². The number of hydrogen-bond acceptors (Lipinski definition) is 5. The summed E-state index contributed by atoms with van der Waals surface area (Å²) < 4.78 is 11.5. The summed E-state index contributed by atoms with van der Waals surface area (Å²) >= 11 is 0. The Bertz CT molecular complexity index is 640. The Morgan fingerprint density at radius 3 is 2.60 bits per heavy atom. The zero-order valence-electron chi connectivity index (χ0n) is 14.5. The van der Waals surface area contributed by atoms with Gasteiger partial charge in [0.1, 0.15) is 6.10 Å². The van der Waals surface area contributed by atoms with Crippen LogP contribution >= 0.6 is 0 Å². The molecule has 1 aromatic heterocycles. The van der Waals surface area contributed by atoms with E-state index in [0.29, 0.717) is 5.88 Å². The largest absolute Gasteiger partial charge is 0.472 e. The van der Waals surface area contributed by atoms with Gasteiger partial charge in [-0.25, -0.2) is 0 Å². The maximum Gasteiger partial charge on any atom is 0.233 e. The Hall–Kier alpha value is -2.24. The number of ether oxygens (including phenoxy) is 2. The number of nitrogens with zero attached hydrogens (tertiary/aromatic N) is 3. The molecule has 5 heteroatoms. The molecule has 1 fully saturated rings. The van der Waals surface area contributed by atoms with Gasteiger partial charge in [0.15, 0.2) is 0 Å². The van der Waals surface area contributed by atoms with Gasteiger partial charge in [0, 0.05) is 31.3 Å². The molecule has 3 rings (SSSR count). The maximum atomic E-state index is 6.11. The Morgan fingerprint density at radius 1 is 1.12 bits per heavy atom. The summed E-state index contributed by atoms with van der Waals surface area (Å²) in [6.07, 6.45) is 3.85. The van der Waals surface area contributed by atoms with Crippen molar-refractivity contribution in [1.29, 1.82) is 0 Å². The Kier molecular flexibility index (Phi) is 6.54. The van der Waals surface area contributed by atoms with E-state index in [9.17, 15) is 0 Å². The van der Waals surface area contributed by atoms with Gasteiger partial charge in [0.05, 0.1) is 18.9 Å². The van der Waals surface area contributed by atoms with E-state index < -0.39 is 0 Å². The number of hydrogen-bond donors (Lipinski definition) is 0. The van der Waals surface area contributed by atoms with Gasteiger partial charge < -0.3 is 9.47 Å². The summed E-state index contributed by atoms with van der Waals surface area (Å²) in [6, 6.07) is 13.9. The molecule has 0 radical (unpaired) electrons. The van der Waals surface area contributed by atoms with E-state index in [0.717, 1.165) is 56.9 Å². The van der Waals surface area contributed by atoms with Crippen LogP contribution in [-0.2, 0) is 4.74 Å². The second kappa shape index (κ2) is 9.30. The fourth-order valence-corrected chi connectivity index (χ4v) is 2.88. The number of rotatable bonds is 8. The molecular weight excluding hydrogens is 314 g/mol. The zero-order chi connectivity index (χ0) is 17.3. The number of morpholine rings is 1. The van der Waals surface area contributed by atoms with Crippen LogP contribution in [0.3, 0.4) is 0 Å². The molecule has 0 saturated carbocycles. The molecule has 1 aliphatic rings. The minimum atomic E-state index is 0.0768. The third-order valence-electron chi connectivity index (χ3n) is 4.26. The van der Waals surface area contributed by atoms with E-state index in [4.69, 9.17) is 9.47 Å². The van der Waals surface area contributed by atoms with Crippen molar-refractivity contribution in [2.24, 2.45) is 0 Å². The normalized spacial score (nSPS) is 16.3. The summed E-state index contributed by atoms with van der Waals surface area (Å²) in [5, 5.41) is 8.56. The average molecular weight is 339 g/mol. The van der Waals surface area contributed by atoms with E-state index >= 15 is 0 Å². The highest BCUT2D eigenvalue weighted by Crippen LogP contribution is 2.18. The summed E-state index contributed by atoms with van der Waals surface area (Å²) in [4.78, 5) is 2.38. The van der Waals surface area contributed by atoms with Crippen LogP contribution in [0.5, 0.6) is 5.88 Å². The quantitative estimate of drug-likeness (QED) is 0.691. The topological polar surface area (TPSA) is 47.5 Å².